The number of sulfonamides is 1. The van der Waals surface area contributed by atoms with Gasteiger partial charge in [0, 0.05) is 18.9 Å². The fraction of sp³-hybridized carbons (Fsp3) is 0.0625. The second-order valence-corrected chi connectivity index (χ2v) is 6.46. The number of fused-ring (bicyclic) bond motifs is 1. The van der Waals surface area contributed by atoms with Crippen LogP contribution in [0.4, 0.5) is 0 Å². The topological polar surface area (TPSA) is 59.1 Å². The lowest BCUT2D eigenvalue weighted by Gasteiger charge is -2.08. The van der Waals surface area contributed by atoms with Crippen LogP contribution in [0, 0.1) is 0 Å². The Morgan fingerprint density at radius 1 is 0.905 bits per heavy atom. The number of aromatic nitrogens is 1. The van der Waals surface area contributed by atoms with E-state index in [1.165, 1.54) is 0 Å². The van der Waals surface area contributed by atoms with Gasteiger partial charge >= 0.3 is 0 Å². The van der Waals surface area contributed by atoms with Crippen LogP contribution >= 0.6 is 0 Å². The average Bonchev–Trinajstić information content (AvgIpc) is 2.53. The Hall–Kier alpha value is -2.24. The van der Waals surface area contributed by atoms with E-state index in [1.54, 1.807) is 36.7 Å². The molecule has 0 amide bonds. The van der Waals surface area contributed by atoms with Gasteiger partial charge in [0.2, 0.25) is 10.0 Å². The Morgan fingerprint density at radius 2 is 1.62 bits per heavy atom. The van der Waals surface area contributed by atoms with Crippen molar-refractivity contribution < 1.29 is 8.42 Å². The van der Waals surface area contributed by atoms with Gasteiger partial charge in [0.1, 0.15) is 0 Å². The van der Waals surface area contributed by atoms with Crippen molar-refractivity contribution in [3.63, 3.8) is 0 Å². The molecule has 0 fully saturated rings. The van der Waals surface area contributed by atoms with Crippen LogP contribution in [0.25, 0.3) is 10.8 Å². The van der Waals surface area contributed by atoms with E-state index in [2.05, 4.69) is 9.71 Å². The molecule has 5 heteroatoms. The molecule has 3 rings (SSSR count). The molecule has 4 nitrogen and oxygen atoms in total. The minimum Gasteiger partial charge on any atom is -0.265 e. The molecule has 0 bridgehead atoms. The van der Waals surface area contributed by atoms with Gasteiger partial charge in [0.25, 0.3) is 0 Å². The second kappa shape index (κ2) is 5.63. The molecule has 1 heterocycles. The Bertz CT molecular complexity index is 862. The summed E-state index contributed by atoms with van der Waals surface area (Å²) in [6, 6.07) is 16.4. The fourth-order valence-corrected chi connectivity index (χ4v) is 3.15. The monoisotopic (exact) mass is 298 g/mol. The van der Waals surface area contributed by atoms with Crippen LogP contribution in [0.2, 0.25) is 0 Å². The van der Waals surface area contributed by atoms with E-state index in [0.29, 0.717) is 0 Å². The lowest BCUT2D eigenvalue weighted by Crippen LogP contribution is -2.23. The van der Waals surface area contributed by atoms with Crippen LogP contribution in [0.15, 0.2) is 71.9 Å². The summed E-state index contributed by atoms with van der Waals surface area (Å²) in [6.45, 7) is 0.248. The molecule has 3 aromatic rings. The number of benzene rings is 2. The Balaban J connectivity index is 1.86. The van der Waals surface area contributed by atoms with Crippen LogP contribution in [0.3, 0.4) is 0 Å². The molecule has 0 saturated heterocycles. The maximum Gasteiger partial charge on any atom is 0.240 e. The van der Waals surface area contributed by atoms with Gasteiger partial charge in [0.05, 0.1) is 4.90 Å². The van der Waals surface area contributed by atoms with E-state index >= 15 is 0 Å². The first-order valence-electron chi connectivity index (χ1n) is 6.52. The molecule has 0 aliphatic rings. The number of hydrogen-bond acceptors (Lipinski definition) is 3. The van der Waals surface area contributed by atoms with Crippen LogP contribution in [0.5, 0.6) is 0 Å². The minimum absolute atomic E-state index is 0.248. The maximum atomic E-state index is 12.3. The first-order valence-corrected chi connectivity index (χ1v) is 8.01. The minimum atomic E-state index is -3.52. The molecule has 0 aliphatic carbocycles. The number of pyridine rings is 1. The summed E-state index contributed by atoms with van der Waals surface area (Å²) in [7, 11) is -3.52. The van der Waals surface area contributed by atoms with Crippen LogP contribution in [0.1, 0.15) is 5.56 Å². The third-order valence-electron chi connectivity index (χ3n) is 3.25. The average molecular weight is 298 g/mol. The summed E-state index contributed by atoms with van der Waals surface area (Å²) in [5.41, 5.74) is 0.870. The fourth-order valence-electron chi connectivity index (χ4n) is 2.10. The normalized spacial score (nSPS) is 11.6. The lowest BCUT2D eigenvalue weighted by atomic mass is 10.1. The first-order chi connectivity index (χ1) is 10.1. The number of hydrogen-bond donors (Lipinski definition) is 1. The molecule has 0 aliphatic heterocycles. The number of rotatable bonds is 4. The van der Waals surface area contributed by atoms with Crippen LogP contribution in [-0.2, 0) is 16.6 Å². The van der Waals surface area contributed by atoms with Crippen molar-refractivity contribution in [1.82, 2.24) is 9.71 Å². The Labute approximate surface area is 123 Å². The van der Waals surface area contributed by atoms with E-state index in [9.17, 15) is 8.42 Å². The zero-order valence-corrected chi connectivity index (χ0v) is 12.0. The highest BCUT2D eigenvalue weighted by Crippen LogP contribution is 2.19. The summed E-state index contributed by atoms with van der Waals surface area (Å²) in [5, 5.41) is 1.93. The van der Waals surface area contributed by atoms with E-state index in [-0.39, 0.29) is 11.4 Å². The molecule has 0 radical (unpaired) electrons. The predicted octanol–water partition coefficient (Wildman–Crippen LogP) is 2.71. The van der Waals surface area contributed by atoms with Crippen LogP contribution < -0.4 is 4.72 Å². The molecule has 2 aromatic carbocycles. The van der Waals surface area contributed by atoms with E-state index in [4.69, 9.17) is 0 Å². The molecular weight excluding hydrogens is 284 g/mol. The zero-order chi connectivity index (χ0) is 14.7. The van der Waals surface area contributed by atoms with Crippen molar-refractivity contribution in [2.75, 3.05) is 0 Å². The van der Waals surface area contributed by atoms with Gasteiger partial charge in [-0.3, -0.25) is 4.98 Å². The van der Waals surface area contributed by atoms with Gasteiger partial charge in [-0.2, -0.15) is 0 Å². The van der Waals surface area contributed by atoms with E-state index < -0.39 is 10.0 Å². The summed E-state index contributed by atoms with van der Waals surface area (Å²) in [4.78, 5) is 4.18. The van der Waals surface area contributed by atoms with Crippen molar-refractivity contribution >= 4 is 20.8 Å². The Kier molecular flexibility index (Phi) is 3.68. The van der Waals surface area contributed by atoms with E-state index in [1.807, 2.05) is 30.3 Å². The number of nitrogens with zero attached hydrogens (tertiary/aromatic N) is 1. The molecule has 0 atom stereocenters. The molecule has 0 unspecified atom stereocenters. The standard InChI is InChI=1S/C16H14N2O2S/c19-21(20,18-12-13-7-9-17-10-8-13)16-6-5-14-3-1-2-4-15(14)11-16/h1-11,18H,12H2. The van der Waals surface area contributed by atoms with Crippen LogP contribution in [-0.4, -0.2) is 13.4 Å². The molecular formula is C16H14N2O2S. The second-order valence-electron chi connectivity index (χ2n) is 4.69. The van der Waals surface area contributed by atoms with Crippen molar-refractivity contribution in [2.24, 2.45) is 0 Å². The van der Waals surface area contributed by atoms with Gasteiger partial charge in [-0.25, -0.2) is 13.1 Å². The highest BCUT2D eigenvalue weighted by Gasteiger charge is 2.13. The first kappa shape index (κ1) is 13.7. The lowest BCUT2D eigenvalue weighted by molar-refractivity contribution is 0.581. The third-order valence-corrected chi connectivity index (χ3v) is 4.65. The van der Waals surface area contributed by atoms with Crippen molar-refractivity contribution in [1.29, 1.82) is 0 Å². The van der Waals surface area contributed by atoms with Gasteiger partial charge in [0.15, 0.2) is 0 Å². The molecule has 1 N–H and O–H groups in total. The van der Waals surface area contributed by atoms with E-state index in [0.717, 1.165) is 16.3 Å². The number of nitrogens with one attached hydrogen (secondary N) is 1. The highest BCUT2D eigenvalue weighted by molar-refractivity contribution is 7.89. The molecule has 21 heavy (non-hydrogen) atoms. The molecule has 0 saturated carbocycles. The van der Waals surface area contributed by atoms with Gasteiger partial charge in [-0.15, -0.1) is 0 Å². The van der Waals surface area contributed by atoms with Gasteiger partial charge in [-0.1, -0.05) is 30.3 Å². The van der Waals surface area contributed by atoms with Crippen molar-refractivity contribution in [2.45, 2.75) is 11.4 Å². The largest absolute Gasteiger partial charge is 0.265 e. The van der Waals surface area contributed by atoms with Crippen molar-refractivity contribution in [3.8, 4) is 0 Å². The summed E-state index contributed by atoms with van der Waals surface area (Å²) in [5.74, 6) is 0. The summed E-state index contributed by atoms with van der Waals surface area (Å²) < 4.78 is 27.2. The molecule has 106 valence electrons. The smallest absolute Gasteiger partial charge is 0.240 e. The molecule has 1 aromatic heterocycles. The predicted molar refractivity (Wildman–Crippen MR) is 82.2 cm³/mol. The Morgan fingerprint density at radius 3 is 2.38 bits per heavy atom. The summed E-state index contributed by atoms with van der Waals surface area (Å²) >= 11 is 0. The SMILES string of the molecule is O=S(=O)(NCc1ccncc1)c1ccc2ccccc2c1. The maximum absolute atomic E-state index is 12.3. The quantitative estimate of drug-likeness (QED) is 0.805. The van der Waals surface area contributed by atoms with Gasteiger partial charge in [-0.05, 0) is 40.6 Å². The summed E-state index contributed by atoms with van der Waals surface area (Å²) in [6.07, 6.45) is 3.28. The molecule has 0 spiro atoms. The zero-order valence-electron chi connectivity index (χ0n) is 11.2. The third kappa shape index (κ3) is 3.09. The van der Waals surface area contributed by atoms with Crippen molar-refractivity contribution in [3.05, 3.63) is 72.6 Å². The highest BCUT2D eigenvalue weighted by atomic mass is 32.2. The van der Waals surface area contributed by atoms with Gasteiger partial charge < -0.3 is 0 Å².